The van der Waals surface area contributed by atoms with Crippen molar-refractivity contribution in [2.75, 3.05) is 23.3 Å². The fourth-order valence-corrected chi connectivity index (χ4v) is 3.76. The van der Waals surface area contributed by atoms with E-state index >= 15 is 0 Å². The number of benzene rings is 2. The SMILES string of the molecule is Cc1ccc(NC(=O)c2ccc(N3CCC(Cc4ccccc4)CC3)nn2)cc1. The average Bonchev–Trinajstić information content (AvgIpc) is 2.77. The molecule has 0 bridgehead atoms. The number of aromatic nitrogens is 2. The summed E-state index contributed by atoms with van der Waals surface area (Å²) < 4.78 is 0. The maximum atomic E-state index is 12.4. The van der Waals surface area contributed by atoms with Gasteiger partial charge in [-0.3, -0.25) is 4.79 Å². The number of nitrogens with zero attached hydrogens (tertiary/aromatic N) is 3. The number of amides is 1. The van der Waals surface area contributed by atoms with E-state index in [1.54, 1.807) is 6.07 Å². The lowest BCUT2D eigenvalue weighted by molar-refractivity contribution is 0.102. The highest BCUT2D eigenvalue weighted by Gasteiger charge is 2.21. The summed E-state index contributed by atoms with van der Waals surface area (Å²) in [5.74, 6) is 1.31. The molecule has 0 aliphatic carbocycles. The van der Waals surface area contributed by atoms with Gasteiger partial charge in [-0.05, 0) is 61.9 Å². The van der Waals surface area contributed by atoms with Crippen LogP contribution in [0.5, 0.6) is 0 Å². The standard InChI is InChI=1S/C24H26N4O/c1-18-7-9-21(10-8-18)25-24(29)22-11-12-23(27-26-22)28-15-13-20(14-16-28)17-19-5-3-2-4-6-19/h2-12,20H,13-17H2,1H3,(H,25,29). The van der Waals surface area contributed by atoms with Gasteiger partial charge >= 0.3 is 0 Å². The predicted octanol–water partition coefficient (Wildman–Crippen LogP) is 4.50. The summed E-state index contributed by atoms with van der Waals surface area (Å²) in [5, 5.41) is 11.3. The van der Waals surface area contributed by atoms with Gasteiger partial charge in [-0.1, -0.05) is 48.0 Å². The summed E-state index contributed by atoms with van der Waals surface area (Å²) in [4.78, 5) is 14.6. The molecule has 4 rings (SSSR count). The first-order valence-corrected chi connectivity index (χ1v) is 10.2. The quantitative estimate of drug-likeness (QED) is 0.702. The van der Waals surface area contributed by atoms with Crippen molar-refractivity contribution in [2.24, 2.45) is 5.92 Å². The molecule has 5 nitrogen and oxygen atoms in total. The van der Waals surface area contributed by atoms with Crippen molar-refractivity contribution in [3.63, 3.8) is 0 Å². The lowest BCUT2D eigenvalue weighted by Crippen LogP contribution is -2.35. The molecule has 1 saturated heterocycles. The molecule has 29 heavy (non-hydrogen) atoms. The van der Waals surface area contributed by atoms with Crippen LogP contribution in [-0.2, 0) is 6.42 Å². The highest BCUT2D eigenvalue weighted by Crippen LogP contribution is 2.24. The molecule has 1 aliphatic rings. The average molecular weight is 386 g/mol. The molecule has 1 N–H and O–H groups in total. The highest BCUT2D eigenvalue weighted by molar-refractivity contribution is 6.02. The Hall–Kier alpha value is -3.21. The fourth-order valence-electron chi connectivity index (χ4n) is 3.76. The molecule has 0 spiro atoms. The highest BCUT2D eigenvalue weighted by atomic mass is 16.1. The summed E-state index contributed by atoms with van der Waals surface area (Å²) >= 11 is 0. The molecule has 2 heterocycles. The van der Waals surface area contributed by atoms with Crippen LogP contribution in [0.3, 0.4) is 0 Å². The van der Waals surface area contributed by atoms with Crippen molar-refractivity contribution in [3.8, 4) is 0 Å². The van der Waals surface area contributed by atoms with Crippen LogP contribution in [0.15, 0.2) is 66.7 Å². The Labute approximate surface area is 171 Å². The van der Waals surface area contributed by atoms with Crippen LogP contribution < -0.4 is 10.2 Å². The Kier molecular flexibility index (Phi) is 5.84. The summed E-state index contributed by atoms with van der Waals surface area (Å²) in [6, 6.07) is 22.0. The third-order valence-electron chi connectivity index (χ3n) is 5.50. The molecular formula is C24H26N4O. The number of nitrogens with one attached hydrogen (secondary N) is 1. The third-order valence-corrected chi connectivity index (χ3v) is 5.50. The van der Waals surface area contributed by atoms with E-state index < -0.39 is 0 Å². The van der Waals surface area contributed by atoms with Crippen LogP contribution in [-0.4, -0.2) is 29.2 Å². The smallest absolute Gasteiger partial charge is 0.276 e. The molecular weight excluding hydrogens is 360 g/mol. The molecule has 5 heteroatoms. The first kappa shape index (κ1) is 19.1. The van der Waals surface area contributed by atoms with E-state index in [0.717, 1.165) is 49.4 Å². The van der Waals surface area contributed by atoms with Crippen LogP contribution in [0.25, 0.3) is 0 Å². The van der Waals surface area contributed by atoms with Crippen LogP contribution in [0, 0.1) is 12.8 Å². The van der Waals surface area contributed by atoms with Gasteiger partial charge < -0.3 is 10.2 Å². The van der Waals surface area contributed by atoms with E-state index in [2.05, 4.69) is 50.7 Å². The number of carbonyl (C=O) groups is 1. The molecule has 3 aromatic rings. The van der Waals surface area contributed by atoms with Gasteiger partial charge in [-0.15, -0.1) is 10.2 Å². The maximum Gasteiger partial charge on any atom is 0.276 e. The number of hydrogen-bond acceptors (Lipinski definition) is 4. The molecule has 0 radical (unpaired) electrons. The number of hydrogen-bond donors (Lipinski definition) is 1. The Morgan fingerprint density at radius 1 is 0.966 bits per heavy atom. The van der Waals surface area contributed by atoms with E-state index in [-0.39, 0.29) is 5.91 Å². The van der Waals surface area contributed by atoms with Gasteiger partial charge in [0.2, 0.25) is 0 Å². The van der Waals surface area contributed by atoms with Crippen LogP contribution in [0.1, 0.15) is 34.5 Å². The molecule has 1 aromatic heterocycles. The molecule has 0 unspecified atom stereocenters. The van der Waals surface area contributed by atoms with Gasteiger partial charge in [0.25, 0.3) is 5.91 Å². The topological polar surface area (TPSA) is 58.1 Å². The van der Waals surface area contributed by atoms with Crippen LogP contribution in [0.2, 0.25) is 0 Å². The summed E-state index contributed by atoms with van der Waals surface area (Å²) in [7, 11) is 0. The molecule has 0 saturated carbocycles. The van der Waals surface area contributed by atoms with Gasteiger partial charge in [-0.2, -0.15) is 0 Å². The van der Waals surface area contributed by atoms with Crippen molar-refractivity contribution in [2.45, 2.75) is 26.2 Å². The Morgan fingerprint density at radius 2 is 1.69 bits per heavy atom. The van der Waals surface area contributed by atoms with Crippen LogP contribution in [0.4, 0.5) is 11.5 Å². The zero-order chi connectivity index (χ0) is 20.1. The number of rotatable bonds is 5. The molecule has 0 atom stereocenters. The number of carbonyl (C=O) groups excluding carboxylic acids is 1. The van der Waals surface area contributed by atoms with Gasteiger partial charge in [0, 0.05) is 18.8 Å². The zero-order valence-electron chi connectivity index (χ0n) is 16.7. The lowest BCUT2D eigenvalue weighted by atomic mass is 9.90. The van der Waals surface area contributed by atoms with E-state index in [1.807, 2.05) is 37.3 Å². The largest absolute Gasteiger partial charge is 0.355 e. The Bertz CT molecular complexity index is 931. The summed E-state index contributed by atoms with van der Waals surface area (Å²) in [5.41, 5.74) is 3.65. The number of piperidine rings is 1. The van der Waals surface area contributed by atoms with Gasteiger partial charge in [0.15, 0.2) is 11.5 Å². The van der Waals surface area contributed by atoms with Crippen LogP contribution >= 0.6 is 0 Å². The summed E-state index contributed by atoms with van der Waals surface area (Å²) in [6.45, 7) is 3.96. The van der Waals surface area contributed by atoms with E-state index in [0.29, 0.717) is 11.6 Å². The Morgan fingerprint density at radius 3 is 2.34 bits per heavy atom. The van der Waals surface area contributed by atoms with E-state index in [1.165, 1.54) is 5.56 Å². The fraction of sp³-hybridized carbons (Fsp3) is 0.292. The summed E-state index contributed by atoms with van der Waals surface area (Å²) in [6.07, 6.45) is 3.43. The molecule has 1 aliphatic heterocycles. The number of aryl methyl sites for hydroxylation is 1. The van der Waals surface area contributed by atoms with Crippen molar-refractivity contribution < 1.29 is 4.79 Å². The normalized spacial score (nSPS) is 14.6. The van der Waals surface area contributed by atoms with Crippen molar-refractivity contribution in [3.05, 3.63) is 83.6 Å². The van der Waals surface area contributed by atoms with Crippen molar-refractivity contribution in [1.82, 2.24) is 10.2 Å². The minimum absolute atomic E-state index is 0.241. The third kappa shape index (κ3) is 4.99. The second-order valence-electron chi connectivity index (χ2n) is 7.72. The first-order chi connectivity index (χ1) is 14.2. The van der Waals surface area contributed by atoms with Crippen molar-refractivity contribution in [1.29, 1.82) is 0 Å². The van der Waals surface area contributed by atoms with E-state index in [4.69, 9.17) is 0 Å². The van der Waals surface area contributed by atoms with Gasteiger partial charge in [0.1, 0.15) is 0 Å². The monoisotopic (exact) mass is 386 g/mol. The molecule has 1 amide bonds. The second kappa shape index (κ2) is 8.86. The Balaban J connectivity index is 1.31. The molecule has 148 valence electrons. The van der Waals surface area contributed by atoms with Gasteiger partial charge in [-0.25, -0.2) is 0 Å². The van der Waals surface area contributed by atoms with Gasteiger partial charge in [0.05, 0.1) is 0 Å². The molecule has 2 aromatic carbocycles. The second-order valence-corrected chi connectivity index (χ2v) is 7.72. The first-order valence-electron chi connectivity index (χ1n) is 10.2. The molecule has 1 fully saturated rings. The predicted molar refractivity (Wildman–Crippen MR) is 116 cm³/mol. The minimum Gasteiger partial charge on any atom is -0.355 e. The number of anilines is 2. The maximum absolute atomic E-state index is 12.4. The lowest BCUT2D eigenvalue weighted by Gasteiger charge is -2.32. The zero-order valence-corrected chi connectivity index (χ0v) is 16.7. The van der Waals surface area contributed by atoms with E-state index in [9.17, 15) is 4.79 Å². The van der Waals surface area contributed by atoms with Crippen molar-refractivity contribution >= 4 is 17.4 Å². The minimum atomic E-state index is -0.241.